The van der Waals surface area contributed by atoms with Crippen molar-refractivity contribution in [2.24, 2.45) is 0 Å². The normalized spacial score (nSPS) is 11.4. The second kappa shape index (κ2) is 3.40. The zero-order valence-electron chi connectivity index (χ0n) is 8.74. The van der Waals surface area contributed by atoms with Crippen LogP contribution in [0.15, 0.2) is 16.7 Å². The molecule has 0 spiro atoms. The van der Waals surface area contributed by atoms with Crippen molar-refractivity contribution in [2.75, 3.05) is 0 Å². The van der Waals surface area contributed by atoms with Crippen LogP contribution < -0.4 is 0 Å². The second-order valence-electron chi connectivity index (χ2n) is 3.68. The zero-order chi connectivity index (χ0) is 10.1. The number of fused-ring (bicyclic) bond motifs is 1. The third kappa shape index (κ3) is 1.39. The van der Waals surface area contributed by atoms with E-state index in [1.165, 1.54) is 0 Å². The molecule has 2 aromatic rings. The van der Waals surface area contributed by atoms with Crippen LogP contribution in [0.1, 0.15) is 38.2 Å². The molecule has 3 nitrogen and oxygen atoms in total. The highest BCUT2D eigenvalue weighted by Gasteiger charge is 2.10. The summed E-state index contributed by atoms with van der Waals surface area (Å²) in [5, 5.41) is 1.04. The van der Waals surface area contributed by atoms with Gasteiger partial charge in [-0.1, -0.05) is 20.8 Å². The second-order valence-corrected chi connectivity index (χ2v) is 3.68. The van der Waals surface area contributed by atoms with Gasteiger partial charge in [-0.05, 0) is 12.5 Å². The summed E-state index contributed by atoms with van der Waals surface area (Å²) in [7, 11) is 0. The Bertz CT molecular complexity index is 445. The number of furan rings is 1. The van der Waals surface area contributed by atoms with Gasteiger partial charge < -0.3 is 4.42 Å². The summed E-state index contributed by atoms with van der Waals surface area (Å²) in [5.41, 5.74) is 1.79. The third-order valence-electron chi connectivity index (χ3n) is 2.27. The van der Waals surface area contributed by atoms with Crippen LogP contribution in [-0.2, 0) is 6.42 Å². The van der Waals surface area contributed by atoms with Gasteiger partial charge in [-0.2, -0.15) is 4.98 Å². The molecule has 0 radical (unpaired) electrons. The molecule has 0 aromatic carbocycles. The van der Waals surface area contributed by atoms with Crippen LogP contribution in [0.4, 0.5) is 0 Å². The van der Waals surface area contributed by atoms with Gasteiger partial charge in [-0.15, -0.1) is 0 Å². The Labute approximate surface area is 83.2 Å². The van der Waals surface area contributed by atoms with Crippen LogP contribution in [-0.4, -0.2) is 9.97 Å². The molecule has 3 heteroatoms. The maximum atomic E-state index is 5.30. The van der Waals surface area contributed by atoms with E-state index in [4.69, 9.17) is 4.42 Å². The van der Waals surface area contributed by atoms with Crippen molar-refractivity contribution in [3.63, 3.8) is 0 Å². The van der Waals surface area contributed by atoms with Gasteiger partial charge >= 0.3 is 0 Å². The van der Waals surface area contributed by atoms with Gasteiger partial charge in [0.05, 0.1) is 17.3 Å². The van der Waals surface area contributed by atoms with Crippen LogP contribution in [0.5, 0.6) is 0 Å². The van der Waals surface area contributed by atoms with E-state index in [-0.39, 0.29) is 0 Å². The lowest BCUT2D eigenvalue weighted by Crippen LogP contribution is -2.00. The number of hydrogen-bond donors (Lipinski definition) is 0. The summed E-state index contributed by atoms with van der Waals surface area (Å²) in [6.07, 6.45) is 2.58. The zero-order valence-corrected chi connectivity index (χ0v) is 8.74. The van der Waals surface area contributed by atoms with Gasteiger partial charge in [-0.3, -0.25) is 0 Å². The van der Waals surface area contributed by atoms with Crippen molar-refractivity contribution in [3.05, 3.63) is 23.8 Å². The smallest absolute Gasteiger partial charge is 0.229 e. The van der Waals surface area contributed by atoms with Gasteiger partial charge in [-0.25, -0.2) is 4.98 Å². The molecule has 0 N–H and O–H groups in total. The Morgan fingerprint density at radius 3 is 2.79 bits per heavy atom. The summed E-state index contributed by atoms with van der Waals surface area (Å²) >= 11 is 0. The van der Waals surface area contributed by atoms with Gasteiger partial charge in [0.25, 0.3) is 0 Å². The van der Waals surface area contributed by atoms with E-state index >= 15 is 0 Å². The monoisotopic (exact) mass is 190 g/mol. The van der Waals surface area contributed by atoms with E-state index in [1.54, 1.807) is 6.26 Å². The van der Waals surface area contributed by atoms with Crippen LogP contribution in [0.3, 0.4) is 0 Å². The Morgan fingerprint density at radius 1 is 1.36 bits per heavy atom. The van der Waals surface area contributed by atoms with E-state index in [0.717, 1.165) is 23.3 Å². The van der Waals surface area contributed by atoms with Crippen molar-refractivity contribution in [3.8, 4) is 0 Å². The Hall–Kier alpha value is -1.38. The summed E-state index contributed by atoms with van der Waals surface area (Å²) in [5.74, 6) is 1.21. The topological polar surface area (TPSA) is 38.9 Å². The molecule has 0 atom stereocenters. The van der Waals surface area contributed by atoms with Crippen LogP contribution in [0.2, 0.25) is 0 Å². The lowest BCUT2D eigenvalue weighted by atomic mass is 10.2. The molecule has 0 aliphatic heterocycles. The van der Waals surface area contributed by atoms with E-state index in [1.807, 2.05) is 6.07 Å². The summed E-state index contributed by atoms with van der Waals surface area (Å²) in [6.45, 7) is 6.27. The van der Waals surface area contributed by atoms with Gasteiger partial charge in [0.2, 0.25) is 5.71 Å². The van der Waals surface area contributed by atoms with E-state index in [2.05, 4.69) is 30.7 Å². The van der Waals surface area contributed by atoms with Crippen LogP contribution >= 0.6 is 0 Å². The Balaban J connectivity index is 2.67. The lowest BCUT2D eigenvalue weighted by molar-refractivity contribution is 0.595. The van der Waals surface area contributed by atoms with E-state index < -0.39 is 0 Å². The largest absolute Gasteiger partial charge is 0.446 e. The number of rotatable bonds is 2. The van der Waals surface area contributed by atoms with Crippen molar-refractivity contribution in [2.45, 2.75) is 33.1 Å². The Kier molecular flexibility index (Phi) is 2.23. The average molecular weight is 190 g/mol. The predicted molar refractivity (Wildman–Crippen MR) is 55.3 cm³/mol. The molecule has 0 aliphatic rings. The van der Waals surface area contributed by atoms with Gasteiger partial charge in [0.1, 0.15) is 5.82 Å². The molecule has 0 fully saturated rings. The minimum Gasteiger partial charge on any atom is -0.446 e. The van der Waals surface area contributed by atoms with Crippen molar-refractivity contribution in [1.29, 1.82) is 0 Å². The molecule has 0 bridgehead atoms. The highest BCUT2D eigenvalue weighted by Crippen LogP contribution is 2.20. The van der Waals surface area contributed by atoms with Gasteiger partial charge in [0, 0.05) is 5.92 Å². The van der Waals surface area contributed by atoms with E-state index in [0.29, 0.717) is 11.6 Å². The molecule has 0 unspecified atom stereocenters. The standard InChI is InChI=1S/C11H14N2O/c1-4-9-8-5-6-14-11(8)13-10(12-9)7(2)3/h5-7H,4H2,1-3H3. The number of aromatic nitrogens is 2. The maximum Gasteiger partial charge on any atom is 0.229 e. The average Bonchev–Trinajstić information content (AvgIpc) is 2.63. The first-order valence-corrected chi connectivity index (χ1v) is 4.96. The van der Waals surface area contributed by atoms with Crippen molar-refractivity contribution < 1.29 is 4.42 Å². The highest BCUT2D eigenvalue weighted by atomic mass is 16.3. The SMILES string of the molecule is CCc1nc(C(C)C)nc2occc12. The molecule has 0 saturated carbocycles. The molecule has 0 amide bonds. The molecule has 0 saturated heterocycles. The molecule has 2 heterocycles. The fourth-order valence-corrected chi connectivity index (χ4v) is 1.46. The third-order valence-corrected chi connectivity index (χ3v) is 2.27. The highest BCUT2D eigenvalue weighted by molar-refractivity contribution is 5.75. The summed E-state index contributed by atoms with van der Waals surface area (Å²) in [4.78, 5) is 8.89. The molecular formula is C11H14N2O. The first-order chi connectivity index (χ1) is 6.72. The maximum absolute atomic E-state index is 5.30. The van der Waals surface area contributed by atoms with Crippen LogP contribution in [0, 0.1) is 0 Å². The fraction of sp³-hybridized carbons (Fsp3) is 0.455. The van der Waals surface area contributed by atoms with Gasteiger partial charge in [0.15, 0.2) is 0 Å². The first-order valence-electron chi connectivity index (χ1n) is 4.96. The number of aryl methyl sites for hydroxylation is 1. The molecule has 0 aliphatic carbocycles. The van der Waals surface area contributed by atoms with Crippen molar-refractivity contribution in [1.82, 2.24) is 9.97 Å². The van der Waals surface area contributed by atoms with Crippen molar-refractivity contribution >= 4 is 11.1 Å². The summed E-state index contributed by atoms with van der Waals surface area (Å²) < 4.78 is 5.30. The molecular weight excluding hydrogens is 176 g/mol. The minimum absolute atomic E-state index is 0.342. The molecule has 14 heavy (non-hydrogen) atoms. The molecule has 74 valence electrons. The van der Waals surface area contributed by atoms with E-state index in [9.17, 15) is 0 Å². The first kappa shape index (κ1) is 9.19. The summed E-state index contributed by atoms with van der Waals surface area (Å²) in [6, 6.07) is 1.93. The lowest BCUT2D eigenvalue weighted by Gasteiger charge is -2.05. The molecule has 2 rings (SSSR count). The fourth-order valence-electron chi connectivity index (χ4n) is 1.46. The Morgan fingerprint density at radius 2 is 2.14 bits per heavy atom. The molecule has 2 aromatic heterocycles. The quantitative estimate of drug-likeness (QED) is 0.730. The minimum atomic E-state index is 0.342. The van der Waals surface area contributed by atoms with Crippen LogP contribution in [0.25, 0.3) is 11.1 Å². The predicted octanol–water partition coefficient (Wildman–Crippen LogP) is 2.91. The number of nitrogens with zero attached hydrogens (tertiary/aromatic N) is 2. The number of hydrogen-bond acceptors (Lipinski definition) is 3.